The number of nitrogens with one attached hydrogen (secondary N) is 1. The van der Waals surface area contributed by atoms with Crippen LogP contribution in [0.5, 0.6) is 5.75 Å². The molecule has 23 heavy (non-hydrogen) atoms. The van der Waals surface area contributed by atoms with Crippen LogP contribution in [0.3, 0.4) is 0 Å². The van der Waals surface area contributed by atoms with E-state index < -0.39 is 17.3 Å². The number of hydrogen-bond acceptors (Lipinski definition) is 3. The Balaban J connectivity index is 1.97. The highest BCUT2D eigenvalue weighted by Crippen LogP contribution is 2.39. The lowest BCUT2D eigenvalue weighted by molar-refractivity contribution is -0.139. The van der Waals surface area contributed by atoms with Crippen molar-refractivity contribution in [2.45, 2.75) is 38.0 Å². The number of halogens is 3. The van der Waals surface area contributed by atoms with Gasteiger partial charge in [0.05, 0.1) is 17.4 Å². The second kappa shape index (κ2) is 6.06. The molecule has 1 saturated carbocycles. The first-order valence-corrected chi connectivity index (χ1v) is 7.37. The van der Waals surface area contributed by atoms with Crippen molar-refractivity contribution in [1.29, 1.82) is 0 Å². The van der Waals surface area contributed by atoms with Crippen molar-refractivity contribution in [2.24, 2.45) is 0 Å². The number of benzene rings is 1. The van der Waals surface area contributed by atoms with Gasteiger partial charge < -0.3 is 4.74 Å². The summed E-state index contributed by atoms with van der Waals surface area (Å²) in [5.74, 6) is -0.155. The van der Waals surface area contributed by atoms with Crippen molar-refractivity contribution in [2.75, 3.05) is 0 Å². The molecule has 1 aromatic carbocycles. The van der Waals surface area contributed by atoms with Gasteiger partial charge >= 0.3 is 6.18 Å². The van der Waals surface area contributed by atoms with Gasteiger partial charge in [-0.1, -0.05) is 0 Å². The average molecular weight is 324 g/mol. The maximum Gasteiger partial charge on any atom is 0.419 e. The minimum absolute atomic E-state index is 0.155. The van der Waals surface area contributed by atoms with Gasteiger partial charge in [0.1, 0.15) is 5.75 Å². The van der Waals surface area contributed by atoms with Crippen LogP contribution in [-0.4, -0.2) is 16.3 Å². The summed E-state index contributed by atoms with van der Waals surface area (Å²) in [6.07, 6.45) is -1.17. The third kappa shape index (κ3) is 3.55. The van der Waals surface area contributed by atoms with Gasteiger partial charge in [0.2, 0.25) is 0 Å². The predicted molar refractivity (Wildman–Crippen MR) is 78.2 cm³/mol. The molecule has 1 heterocycles. The Bertz CT molecular complexity index is 729. The standard InChI is InChI=1S/C16H15F3N2O2/c17-16(18,19)12-9-10(13-6-8-15(22)21-20-13)5-7-14(12)23-11-3-1-2-4-11/h5-9,11H,1-4H2,(H,21,22). The first kappa shape index (κ1) is 15.6. The summed E-state index contributed by atoms with van der Waals surface area (Å²) in [6.45, 7) is 0. The summed E-state index contributed by atoms with van der Waals surface area (Å²) in [4.78, 5) is 11.0. The molecule has 2 aromatic rings. The van der Waals surface area contributed by atoms with Crippen LogP contribution in [0.25, 0.3) is 11.3 Å². The molecule has 0 saturated heterocycles. The minimum Gasteiger partial charge on any atom is -0.490 e. The zero-order valence-corrected chi connectivity index (χ0v) is 12.2. The Hall–Kier alpha value is -2.31. The summed E-state index contributed by atoms with van der Waals surface area (Å²) in [6, 6.07) is 6.44. The number of H-pyrrole nitrogens is 1. The van der Waals surface area contributed by atoms with E-state index in [0.29, 0.717) is 0 Å². The normalized spacial score (nSPS) is 15.8. The number of hydrogen-bond donors (Lipinski definition) is 1. The molecule has 0 bridgehead atoms. The number of ether oxygens (including phenoxy) is 1. The molecular formula is C16H15F3N2O2. The van der Waals surface area contributed by atoms with Crippen molar-refractivity contribution in [3.63, 3.8) is 0 Å². The summed E-state index contributed by atoms with van der Waals surface area (Å²) < 4.78 is 45.5. The van der Waals surface area contributed by atoms with Gasteiger partial charge in [-0.25, -0.2) is 5.10 Å². The van der Waals surface area contributed by atoms with Gasteiger partial charge in [-0.05, 0) is 49.9 Å². The highest BCUT2D eigenvalue weighted by molar-refractivity contribution is 5.62. The second-order valence-electron chi connectivity index (χ2n) is 5.54. The molecule has 122 valence electrons. The molecule has 1 aliphatic carbocycles. The number of rotatable bonds is 3. The Morgan fingerprint density at radius 1 is 1.13 bits per heavy atom. The number of nitrogens with zero attached hydrogens (tertiary/aromatic N) is 1. The molecule has 0 atom stereocenters. The fourth-order valence-corrected chi connectivity index (χ4v) is 2.70. The Kier molecular flexibility index (Phi) is 4.11. The topological polar surface area (TPSA) is 55.0 Å². The van der Waals surface area contributed by atoms with Crippen LogP contribution in [0.4, 0.5) is 13.2 Å². The van der Waals surface area contributed by atoms with E-state index in [9.17, 15) is 18.0 Å². The van der Waals surface area contributed by atoms with Gasteiger partial charge in [-0.15, -0.1) is 0 Å². The third-order valence-corrected chi connectivity index (χ3v) is 3.86. The fourth-order valence-electron chi connectivity index (χ4n) is 2.70. The van der Waals surface area contributed by atoms with Crippen molar-refractivity contribution in [3.8, 4) is 17.0 Å². The van der Waals surface area contributed by atoms with Crippen molar-refractivity contribution in [1.82, 2.24) is 10.2 Å². The minimum atomic E-state index is -4.52. The largest absolute Gasteiger partial charge is 0.490 e. The molecule has 0 radical (unpaired) electrons. The van der Waals surface area contributed by atoms with E-state index in [-0.39, 0.29) is 23.1 Å². The Morgan fingerprint density at radius 3 is 2.48 bits per heavy atom. The van der Waals surface area contributed by atoms with Gasteiger partial charge in [0.15, 0.2) is 0 Å². The van der Waals surface area contributed by atoms with Crippen LogP contribution in [0, 0.1) is 0 Å². The predicted octanol–water partition coefficient (Wildman–Crippen LogP) is 3.78. The lowest BCUT2D eigenvalue weighted by Gasteiger charge is -2.18. The highest BCUT2D eigenvalue weighted by Gasteiger charge is 2.35. The van der Waals surface area contributed by atoms with Crippen LogP contribution < -0.4 is 10.3 Å². The molecule has 0 unspecified atom stereocenters. The van der Waals surface area contributed by atoms with Gasteiger partial charge in [0.25, 0.3) is 5.56 Å². The summed E-state index contributed by atoms with van der Waals surface area (Å²) in [5.41, 5.74) is -0.698. The Morgan fingerprint density at radius 2 is 1.87 bits per heavy atom. The van der Waals surface area contributed by atoms with Crippen LogP contribution in [0.1, 0.15) is 31.2 Å². The third-order valence-electron chi connectivity index (χ3n) is 3.86. The van der Waals surface area contributed by atoms with Crippen LogP contribution in [0.15, 0.2) is 35.1 Å². The van der Waals surface area contributed by atoms with Crippen molar-refractivity contribution >= 4 is 0 Å². The van der Waals surface area contributed by atoms with E-state index in [0.717, 1.165) is 31.7 Å². The van der Waals surface area contributed by atoms with Crippen LogP contribution in [0.2, 0.25) is 0 Å². The average Bonchev–Trinajstić information content (AvgIpc) is 3.00. The molecule has 3 rings (SSSR count). The summed E-state index contributed by atoms with van der Waals surface area (Å²) >= 11 is 0. The zero-order valence-electron chi connectivity index (χ0n) is 12.2. The van der Waals surface area contributed by atoms with Crippen molar-refractivity contribution < 1.29 is 17.9 Å². The van der Waals surface area contributed by atoms with E-state index in [1.54, 1.807) is 0 Å². The summed E-state index contributed by atoms with van der Waals surface area (Å²) in [7, 11) is 0. The van der Waals surface area contributed by atoms with Crippen LogP contribution >= 0.6 is 0 Å². The molecule has 4 nitrogen and oxygen atoms in total. The molecule has 0 spiro atoms. The maximum absolute atomic E-state index is 13.3. The molecule has 1 fully saturated rings. The zero-order chi connectivity index (χ0) is 16.4. The fraction of sp³-hybridized carbons (Fsp3) is 0.375. The molecule has 1 aliphatic rings. The lowest BCUT2D eigenvalue weighted by Crippen LogP contribution is -2.15. The first-order chi connectivity index (χ1) is 10.9. The molecule has 0 amide bonds. The lowest BCUT2D eigenvalue weighted by atomic mass is 10.1. The quantitative estimate of drug-likeness (QED) is 0.935. The first-order valence-electron chi connectivity index (χ1n) is 7.37. The second-order valence-corrected chi connectivity index (χ2v) is 5.54. The van der Waals surface area contributed by atoms with Crippen LogP contribution in [-0.2, 0) is 6.18 Å². The summed E-state index contributed by atoms with van der Waals surface area (Å²) in [5, 5.41) is 5.97. The molecule has 7 heteroatoms. The number of alkyl halides is 3. The van der Waals surface area contributed by atoms with Crippen molar-refractivity contribution in [3.05, 3.63) is 46.2 Å². The van der Waals surface area contributed by atoms with E-state index in [1.807, 2.05) is 0 Å². The smallest absolute Gasteiger partial charge is 0.419 e. The van der Waals surface area contributed by atoms with E-state index in [4.69, 9.17) is 4.74 Å². The number of aromatic nitrogens is 2. The maximum atomic E-state index is 13.3. The SMILES string of the molecule is O=c1ccc(-c2ccc(OC3CCCC3)c(C(F)(F)F)c2)n[nH]1. The molecule has 1 N–H and O–H groups in total. The monoisotopic (exact) mass is 324 g/mol. The molecular weight excluding hydrogens is 309 g/mol. The van der Waals surface area contributed by atoms with Gasteiger partial charge in [0, 0.05) is 11.6 Å². The van der Waals surface area contributed by atoms with E-state index >= 15 is 0 Å². The van der Waals surface area contributed by atoms with E-state index in [2.05, 4.69) is 10.2 Å². The molecule has 0 aliphatic heterocycles. The highest BCUT2D eigenvalue weighted by atomic mass is 19.4. The Labute approximate surface area is 130 Å². The van der Waals surface area contributed by atoms with Gasteiger partial charge in [-0.2, -0.15) is 18.3 Å². The van der Waals surface area contributed by atoms with Gasteiger partial charge in [-0.3, -0.25) is 4.79 Å². The number of aromatic amines is 1. The van der Waals surface area contributed by atoms with E-state index in [1.165, 1.54) is 24.3 Å². The molecule has 1 aromatic heterocycles.